The lowest BCUT2D eigenvalue weighted by Crippen LogP contribution is -2.17. The van der Waals surface area contributed by atoms with Crippen LogP contribution in [0.15, 0.2) is 52.0 Å². The molecule has 20 heavy (non-hydrogen) atoms. The molecule has 6 heteroatoms. The number of carbonyl (C=O) groups is 1. The zero-order chi connectivity index (χ0) is 14.5. The van der Waals surface area contributed by atoms with Crippen LogP contribution in [0.3, 0.4) is 0 Å². The van der Waals surface area contributed by atoms with Crippen molar-refractivity contribution in [3.8, 4) is 5.75 Å². The Labute approximate surface area is 138 Å². The van der Waals surface area contributed by atoms with Crippen molar-refractivity contribution in [2.75, 3.05) is 0 Å². The van der Waals surface area contributed by atoms with E-state index >= 15 is 0 Å². The Balaban J connectivity index is 2.04. The highest BCUT2D eigenvalue weighted by Gasteiger charge is 2.03. The molecule has 0 saturated carbocycles. The Bertz CT molecular complexity index is 657. The smallest absolute Gasteiger partial charge is 0.271 e. The van der Waals surface area contributed by atoms with Gasteiger partial charge in [-0.2, -0.15) is 5.10 Å². The lowest BCUT2D eigenvalue weighted by atomic mass is 10.2. The summed E-state index contributed by atoms with van der Waals surface area (Å²) in [7, 11) is 0. The van der Waals surface area contributed by atoms with Gasteiger partial charge in [-0.15, -0.1) is 0 Å². The highest BCUT2D eigenvalue weighted by Crippen LogP contribution is 2.17. The second-order valence-corrected chi connectivity index (χ2v) is 6.07. The van der Waals surface area contributed by atoms with Gasteiger partial charge in [-0.25, -0.2) is 5.43 Å². The van der Waals surface area contributed by atoms with E-state index in [0.717, 1.165) is 8.04 Å². The minimum absolute atomic E-state index is 0.118. The molecule has 4 nitrogen and oxygen atoms in total. The Hall–Kier alpha value is -1.41. The molecule has 0 atom stereocenters. The van der Waals surface area contributed by atoms with Crippen LogP contribution in [-0.2, 0) is 0 Å². The number of phenols is 1. The van der Waals surface area contributed by atoms with Crippen molar-refractivity contribution >= 4 is 50.6 Å². The van der Waals surface area contributed by atoms with Crippen LogP contribution in [-0.4, -0.2) is 17.2 Å². The van der Waals surface area contributed by atoms with Gasteiger partial charge in [0.05, 0.1) is 6.21 Å². The fourth-order valence-electron chi connectivity index (χ4n) is 1.46. The average molecular weight is 445 g/mol. The molecule has 0 saturated heterocycles. The summed E-state index contributed by atoms with van der Waals surface area (Å²) in [5.41, 5.74) is 3.48. The molecule has 2 aromatic rings. The van der Waals surface area contributed by atoms with Crippen LogP contribution in [0.4, 0.5) is 0 Å². The van der Waals surface area contributed by atoms with Crippen molar-refractivity contribution in [1.82, 2.24) is 5.43 Å². The van der Waals surface area contributed by atoms with Crippen molar-refractivity contribution < 1.29 is 9.90 Å². The summed E-state index contributed by atoms with van der Waals surface area (Å²) in [5.74, 6) is -0.189. The minimum Gasteiger partial charge on any atom is -0.507 e. The van der Waals surface area contributed by atoms with Gasteiger partial charge in [-0.1, -0.05) is 15.9 Å². The predicted octanol–water partition coefficient (Wildman–Crippen LogP) is 3.52. The van der Waals surface area contributed by atoms with E-state index < -0.39 is 0 Å². The molecule has 0 aromatic heterocycles. The fraction of sp³-hybridized carbons (Fsp3) is 0. The van der Waals surface area contributed by atoms with E-state index in [1.54, 1.807) is 42.5 Å². The Morgan fingerprint density at radius 2 is 1.95 bits per heavy atom. The molecule has 1 amide bonds. The van der Waals surface area contributed by atoms with Gasteiger partial charge < -0.3 is 5.11 Å². The van der Waals surface area contributed by atoms with Crippen LogP contribution >= 0.6 is 38.5 Å². The van der Waals surface area contributed by atoms with Gasteiger partial charge in [0.15, 0.2) is 0 Å². The summed E-state index contributed by atoms with van der Waals surface area (Å²) in [6.07, 6.45) is 1.41. The van der Waals surface area contributed by atoms with Crippen LogP contribution in [0.1, 0.15) is 15.9 Å². The van der Waals surface area contributed by atoms with Gasteiger partial charge in [0.1, 0.15) is 5.75 Å². The molecular weight excluding hydrogens is 435 g/mol. The third-order valence-electron chi connectivity index (χ3n) is 2.47. The predicted molar refractivity (Wildman–Crippen MR) is 90.0 cm³/mol. The third kappa shape index (κ3) is 4.04. The average Bonchev–Trinajstić information content (AvgIpc) is 2.43. The highest BCUT2D eigenvalue weighted by molar-refractivity contribution is 14.1. The molecule has 0 spiro atoms. The first kappa shape index (κ1) is 15.0. The molecule has 0 aliphatic heterocycles. The summed E-state index contributed by atoms with van der Waals surface area (Å²) >= 11 is 5.44. The van der Waals surface area contributed by atoms with Crippen molar-refractivity contribution in [2.45, 2.75) is 0 Å². The zero-order valence-electron chi connectivity index (χ0n) is 10.2. The number of hydrogen-bond acceptors (Lipinski definition) is 3. The maximum Gasteiger partial charge on any atom is 0.271 e. The molecule has 2 rings (SSSR count). The molecule has 102 valence electrons. The largest absolute Gasteiger partial charge is 0.507 e. The van der Waals surface area contributed by atoms with Gasteiger partial charge in [0.2, 0.25) is 0 Å². The Kier molecular flexibility index (Phi) is 5.13. The molecular formula is C14H10BrIN2O2. The minimum atomic E-state index is -0.307. The number of amides is 1. The fourth-order valence-corrected chi connectivity index (χ4v) is 2.23. The van der Waals surface area contributed by atoms with Gasteiger partial charge in [-0.05, 0) is 65.1 Å². The molecule has 0 aliphatic rings. The Morgan fingerprint density at radius 1 is 1.25 bits per heavy atom. The number of hydrogen-bond donors (Lipinski definition) is 2. The molecule has 0 heterocycles. The zero-order valence-corrected chi connectivity index (χ0v) is 13.9. The van der Waals surface area contributed by atoms with Crippen LogP contribution in [0.5, 0.6) is 5.75 Å². The first-order valence-electron chi connectivity index (χ1n) is 5.64. The number of carbonyl (C=O) groups excluding carboxylic acids is 1. The third-order valence-corrected chi connectivity index (χ3v) is 3.67. The lowest BCUT2D eigenvalue weighted by molar-refractivity contribution is 0.0955. The topological polar surface area (TPSA) is 61.7 Å². The molecule has 0 aliphatic carbocycles. The van der Waals surface area contributed by atoms with E-state index in [-0.39, 0.29) is 11.7 Å². The summed E-state index contributed by atoms with van der Waals surface area (Å²) in [6, 6.07) is 12.1. The van der Waals surface area contributed by atoms with E-state index in [2.05, 4.69) is 49.0 Å². The van der Waals surface area contributed by atoms with Gasteiger partial charge in [0.25, 0.3) is 5.91 Å². The monoisotopic (exact) mass is 444 g/mol. The molecule has 0 radical (unpaired) electrons. The van der Waals surface area contributed by atoms with E-state index in [1.165, 1.54) is 6.21 Å². The number of benzene rings is 2. The summed E-state index contributed by atoms with van der Waals surface area (Å²) in [6.45, 7) is 0. The molecule has 0 unspecified atom stereocenters. The summed E-state index contributed by atoms with van der Waals surface area (Å²) < 4.78 is 1.88. The second-order valence-electron chi connectivity index (χ2n) is 3.91. The first-order valence-corrected chi connectivity index (χ1v) is 7.51. The van der Waals surface area contributed by atoms with Crippen LogP contribution in [0.2, 0.25) is 0 Å². The normalized spacial score (nSPS) is 10.7. The second kappa shape index (κ2) is 6.85. The van der Waals surface area contributed by atoms with E-state index in [0.29, 0.717) is 11.1 Å². The maximum absolute atomic E-state index is 11.8. The van der Waals surface area contributed by atoms with Gasteiger partial charge in [-0.3, -0.25) is 4.79 Å². The standard InChI is InChI=1S/C14H10BrIN2O2/c15-11-3-1-9(2-4-11)14(20)18-17-8-10-7-12(16)5-6-13(10)19/h1-8,19H,(H,18,20)/b17-8-. The highest BCUT2D eigenvalue weighted by atomic mass is 127. The quantitative estimate of drug-likeness (QED) is 0.432. The van der Waals surface area contributed by atoms with Crippen molar-refractivity contribution in [1.29, 1.82) is 0 Å². The molecule has 2 N–H and O–H groups in total. The Morgan fingerprint density at radius 3 is 2.65 bits per heavy atom. The number of rotatable bonds is 3. The molecule has 0 fully saturated rings. The molecule has 2 aromatic carbocycles. The van der Waals surface area contributed by atoms with E-state index in [4.69, 9.17) is 0 Å². The number of phenolic OH excluding ortho intramolecular Hbond substituents is 1. The van der Waals surface area contributed by atoms with Crippen molar-refractivity contribution in [2.24, 2.45) is 5.10 Å². The summed E-state index contributed by atoms with van der Waals surface area (Å²) in [4.78, 5) is 11.8. The van der Waals surface area contributed by atoms with Gasteiger partial charge >= 0.3 is 0 Å². The van der Waals surface area contributed by atoms with Crippen molar-refractivity contribution in [3.05, 3.63) is 61.6 Å². The molecule has 0 bridgehead atoms. The van der Waals surface area contributed by atoms with Crippen LogP contribution in [0, 0.1) is 3.57 Å². The SMILES string of the molecule is O=C(N/N=C\c1cc(I)ccc1O)c1ccc(Br)cc1. The number of nitrogens with one attached hydrogen (secondary N) is 1. The number of aromatic hydroxyl groups is 1. The van der Waals surface area contributed by atoms with E-state index in [1.807, 2.05) is 0 Å². The summed E-state index contributed by atoms with van der Waals surface area (Å²) in [5, 5.41) is 13.5. The first-order chi connectivity index (χ1) is 9.56. The number of hydrazone groups is 1. The number of halogens is 2. The van der Waals surface area contributed by atoms with Gasteiger partial charge in [0, 0.05) is 19.2 Å². The van der Waals surface area contributed by atoms with Crippen LogP contribution < -0.4 is 5.43 Å². The maximum atomic E-state index is 11.8. The number of nitrogens with zero attached hydrogens (tertiary/aromatic N) is 1. The lowest BCUT2D eigenvalue weighted by Gasteiger charge is -2.01. The van der Waals surface area contributed by atoms with E-state index in [9.17, 15) is 9.90 Å². The van der Waals surface area contributed by atoms with Crippen LogP contribution in [0.25, 0.3) is 0 Å². The van der Waals surface area contributed by atoms with Crippen molar-refractivity contribution in [3.63, 3.8) is 0 Å².